The Balaban J connectivity index is 1.99. The van der Waals surface area contributed by atoms with Gasteiger partial charge in [-0.3, -0.25) is 0 Å². The van der Waals surface area contributed by atoms with Gasteiger partial charge in [-0.1, -0.05) is 6.92 Å². The van der Waals surface area contributed by atoms with Crippen molar-refractivity contribution in [3.8, 4) is 0 Å². The van der Waals surface area contributed by atoms with Gasteiger partial charge in [-0.2, -0.15) is 0 Å². The third kappa shape index (κ3) is 3.04. The van der Waals surface area contributed by atoms with Crippen molar-refractivity contribution >= 4 is 5.95 Å². The summed E-state index contributed by atoms with van der Waals surface area (Å²) in [5.74, 6) is 0.547. The normalized spacial score (nSPS) is 12.4. The highest BCUT2D eigenvalue weighted by molar-refractivity contribution is 5.28. The van der Waals surface area contributed by atoms with Crippen molar-refractivity contribution in [1.82, 2.24) is 19.9 Å². The zero-order valence-corrected chi connectivity index (χ0v) is 10.5. The highest BCUT2D eigenvalue weighted by Gasteiger charge is 2.09. The maximum atomic E-state index is 9.88. The SMILES string of the molecule is CCc1cc(C)nc(NCC(O)c2cnc[nH]2)n1. The summed E-state index contributed by atoms with van der Waals surface area (Å²) < 4.78 is 0. The average molecular weight is 247 g/mol. The van der Waals surface area contributed by atoms with Crippen LogP contribution in [0.15, 0.2) is 18.6 Å². The number of hydrogen-bond donors (Lipinski definition) is 3. The summed E-state index contributed by atoms with van der Waals surface area (Å²) in [5.41, 5.74) is 2.58. The minimum absolute atomic E-state index is 0.342. The van der Waals surface area contributed by atoms with Crippen LogP contribution < -0.4 is 5.32 Å². The first-order chi connectivity index (χ1) is 8.69. The molecule has 96 valence electrons. The van der Waals surface area contributed by atoms with Crippen LogP contribution in [0.25, 0.3) is 0 Å². The Morgan fingerprint density at radius 1 is 1.44 bits per heavy atom. The number of hydrogen-bond acceptors (Lipinski definition) is 5. The molecule has 6 nitrogen and oxygen atoms in total. The highest BCUT2D eigenvalue weighted by Crippen LogP contribution is 2.10. The van der Waals surface area contributed by atoms with Gasteiger partial charge in [0.05, 0.1) is 18.2 Å². The zero-order chi connectivity index (χ0) is 13.0. The van der Waals surface area contributed by atoms with Crippen molar-refractivity contribution in [2.24, 2.45) is 0 Å². The molecule has 1 unspecified atom stereocenters. The summed E-state index contributed by atoms with van der Waals surface area (Å²) >= 11 is 0. The fourth-order valence-corrected chi connectivity index (χ4v) is 1.64. The lowest BCUT2D eigenvalue weighted by Crippen LogP contribution is -2.15. The minimum atomic E-state index is -0.651. The quantitative estimate of drug-likeness (QED) is 0.739. The predicted molar refractivity (Wildman–Crippen MR) is 68.2 cm³/mol. The van der Waals surface area contributed by atoms with E-state index in [1.807, 2.05) is 19.9 Å². The van der Waals surface area contributed by atoms with Gasteiger partial charge in [0, 0.05) is 17.9 Å². The highest BCUT2D eigenvalue weighted by atomic mass is 16.3. The number of rotatable bonds is 5. The molecule has 0 saturated carbocycles. The summed E-state index contributed by atoms with van der Waals surface area (Å²) in [5, 5.41) is 12.9. The molecule has 0 aliphatic carbocycles. The fourth-order valence-electron chi connectivity index (χ4n) is 1.64. The molecule has 1 atom stereocenters. The Bertz CT molecular complexity index is 497. The molecular weight excluding hydrogens is 230 g/mol. The van der Waals surface area contributed by atoms with Crippen LogP contribution in [0.3, 0.4) is 0 Å². The smallest absolute Gasteiger partial charge is 0.223 e. The van der Waals surface area contributed by atoms with Gasteiger partial charge in [0.2, 0.25) is 5.95 Å². The Kier molecular flexibility index (Phi) is 3.88. The summed E-state index contributed by atoms with van der Waals surface area (Å²) in [6, 6.07) is 1.95. The number of aromatic amines is 1. The van der Waals surface area contributed by atoms with Crippen LogP contribution in [0.2, 0.25) is 0 Å². The van der Waals surface area contributed by atoms with Gasteiger partial charge >= 0.3 is 0 Å². The van der Waals surface area contributed by atoms with E-state index in [-0.39, 0.29) is 0 Å². The van der Waals surface area contributed by atoms with Gasteiger partial charge in [-0.05, 0) is 19.4 Å². The monoisotopic (exact) mass is 247 g/mol. The molecule has 0 spiro atoms. The van der Waals surface area contributed by atoms with Crippen molar-refractivity contribution in [3.05, 3.63) is 35.7 Å². The number of aliphatic hydroxyl groups is 1. The molecule has 0 bridgehead atoms. The third-order valence-electron chi connectivity index (χ3n) is 2.60. The van der Waals surface area contributed by atoms with Crippen molar-refractivity contribution in [3.63, 3.8) is 0 Å². The molecule has 2 aromatic heterocycles. The van der Waals surface area contributed by atoms with Gasteiger partial charge in [-0.25, -0.2) is 15.0 Å². The first kappa shape index (κ1) is 12.5. The number of aryl methyl sites for hydroxylation is 2. The van der Waals surface area contributed by atoms with Crippen molar-refractivity contribution in [2.75, 3.05) is 11.9 Å². The van der Waals surface area contributed by atoms with Crippen LogP contribution in [-0.2, 0) is 6.42 Å². The molecule has 0 fully saturated rings. The summed E-state index contributed by atoms with van der Waals surface area (Å²) in [6.07, 6.45) is 3.35. The van der Waals surface area contributed by atoms with Crippen molar-refractivity contribution in [1.29, 1.82) is 0 Å². The van der Waals surface area contributed by atoms with E-state index in [0.29, 0.717) is 18.2 Å². The maximum absolute atomic E-state index is 9.88. The molecule has 0 aliphatic heterocycles. The van der Waals surface area contributed by atoms with Gasteiger partial charge in [0.1, 0.15) is 6.10 Å². The molecule has 6 heteroatoms. The van der Waals surface area contributed by atoms with Crippen LogP contribution in [0.4, 0.5) is 5.95 Å². The number of H-pyrrole nitrogens is 1. The van der Waals surface area contributed by atoms with E-state index >= 15 is 0 Å². The molecular formula is C12H17N5O. The second-order valence-electron chi connectivity index (χ2n) is 4.08. The number of aliphatic hydroxyl groups excluding tert-OH is 1. The summed E-state index contributed by atoms with van der Waals surface area (Å²) in [6.45, 7) is 4.32. The first-order valence-corrected chi connectivity index (χ1v) is 5.93. The maximum Gasteiger partial charge on any atom is 0.223 e. The van der Waals surface area contributed by atoms with Crippen LogP contribution in [0.1, 0.15) is 30.1 Å². The molecule has 18 heavy (non-hydrogen) atoms. The molecule has 0 amide bonds. The molecule has 3 N–H and O–H groups in total. The molecule has 0 saturated heterocycles. The van der Waals surface area contributed by atoms with E-state index in [4.69, 9.17) is 0 Å². The lowest BCUT2D eigenvalue weighted by Gasteiger charge is -2.11. The minimum Gasteiger partial charge on any atom is -0.385 e. The van der Waals surface area contributed by atoms with Crippen molar-refractivity contribution in [2.45, 2.75) is 26.4 Å². The van der Waals surface area contributed by atoms with E-state index in [0.717, 1.165) is 17.8 Å². The lowest BCUT2D eigenvalue weighted by atomic mass is 10.2. The van der Waals surface area contributed by atoms with Gasteiger partial charge in [0.25, 0.3) is 0 Å². The van der Waals surface area contributed by atoms with Gasteiger partial charge < -0.3 is 15.4 Å². The third-order valence-corrected chi connectivity index (χ3v) is 2.60. The van der Waals surface area contributed by atoms with Gasteiger partial charge in [-0.15, -0.1) is 0 Å². The second kappa shape index (κ2) is 5.59. The Morgan fingerprint density at radius 2 is 2.28 bits per heavy atom. The van der Waals surface area contributed by atoms with Crippen molar-refractivity contribution < 1.29 is 5.11 Å². The molecule has 0 aromatic carbocycles. The molecule has 2 heterocycles. The van der Waals surface area contributed by atoms with Gasteiger partial charge in [0.15, 0.2) is 0 Å². The lowest BCUT2D eigenvalue weighted by molar-refractivity contribution is 0.187. The molecule has 0 radical (unpaired) electrons. The number of nitrogens with one attached hydrogen (secondary N) is 2. The second-order valence-corrected chi connectivity index (χ2v) is 4.08. The Labute approximate surface area is 106 Å². The average Bonchev–Trinajstić information content (AvgIpc) is 2.89. The standard InChI is InChI=1S/C12H17N5O/c1-3-9-4-8(2)16-12(17-9)14-6-11(18)10-5-13-7-15-10/h4-5,7,11,18H,3,6H2,1-2H3,(H,13,15)(H,14,16,17). The van der Waals surface area contributed by atoms with E-state index in [2.05, 4.69) is 25.3 Å². The molecule has 2 aromatic rings. The molecule has 2 rings (SSSR count). The number of imidazole rings is 1. The van der Waals surface area contributed by atoms with Crippen LogP contribution in [0.5, 0.6) is 0 Å². The van der Waals surface area contributed by atoms with Crippen LogP contribution in [0, 0.1) is 6.92 Å². The zero-order valence-electron chi connectivity index (χ0n) is 10.5. The number of nitrogens with zero attached hydrogens (tertiary/aromatic N) is 3. The summed E-state index contributed by atoms with van der Waals surface area (Å²) in [7, 11) is 0. The van der Waals surface area contributed by atoms with E-state index in [9.17, 15) is 5.11 Å². The van der Waals surface area contributed by atoms with E-state index in [1.54, 1.807) is 6.20 Å². The topological polar surface area (TPSA) is 86.7 Å². The Morgan fingerprint density at radius 3 is 2.94 bits per heavy atom. The van der Waals surface area contributed by atoms with Crippen LogP contribution in [-0.4, -0.2) is 31.6 Å². The Hall–Kier alpha value is -1.95. The number of anilines is 1. The number of aromatic nitrogens is 4. The largest absolute Gasteiger partial charge is 0.385 e. The first-order valence-electron chi connectivity index (χ1n) is 5.93. The fraction of sp³-hybridized carbons (Fsp3) is 0.417. The summed E-state index contributed by atoms with van der Waals surface area (Å²) in [4.78, 5) is 15.4. The van der Waals surface area contributed by atoms with Crippen LogP contribution >= 0.6 is 0 Å². The van der Waals surface area contributed by atoms with E-state index in [1.165, 1.54) is 6.33 Å². The molecule has 0 aliphatic rings. The predicted octanol–water partition coefficient (Wildman–Crippen LogP) is 1.22. The van der Waals surface area contributed by atoms with E-state index < -0.39 is 6.10 Å².